The molecule has 0 saturated carbocycles. The molecule has 5 nitrogen and oxygen atoms in total. The molecule has 29 heavy (non-hydrogen) atoms. The molecule has 1 saturated heterocycles. The summed E-state index contributed by atoms with van der Waals surface area (Å²) in [5, 5.41) is 16.4. The van der Waals surface area contributed by atoms with Crippen LogP contribution in [0.1, 0.15) is 34.4 Å². The van der Waals surface area contributed by atoms with Gasteiger partial charge in [0.1, 0.15) is 12.3 Å². The quantitative estimate of drug-likeness (QED) is 0.361. The van der Waals surface area contributed by atoms with Gasteiger partial charge in [0, 0.05) is 23.7 Å². The van der Waals surface area contributed by atoms with Gasteiger partial charge in [0.2, 0.25) is 0 Å². The van der Waals surface area contributed by atoms with Crippen LogP contribution in [0.15, 0.2) is 34.8 Å². The minimum atomic E-state index is -0.711. The summed E-state index contributed by atoms with van der Waals surface area (Å²) >= 11 is 7.74. The van der Waals surface area contributed by atoms with E-state index in [1.165, 1.54) is 0 Å². The van der Waals surface area contributed by atoms with Crippen LogP contribution in [0.4, 0.5) is 0 Å². The van der Waals surface area contributed by atoms with Crippen molar-refractivity contribution in [3.63, 3.8) is 0 Å². The second kappa shape index (κ2) is 11.0. The number of piperidine rings is 1. The number of thiophene rings is 1. The Morgan fingerprint density at radius 1 is 1.34 bits per heavy atom. The molecule has 8 heteroatoms. The third-order valence-electron chi connectivity index (χ3n) is 5.03. The van der Waals surface area contributed by atoms with Gasteiger partial charge in [-0.1, -0.05) is 22.8 Å². The van der Waals surface area contributed by atoms with Gasteiger partial charge in [-0.2, -0.15) is 0 Å². The van der Waals surface area contributed by atoms with E-state index in [2.05, 4.69) is 23.0 Å². The number of carbonyl (C=O) groups is 1. The van der Waals surface area contributed by atoms with Gasteiger partial charge >= 0.3 is 5.97 Å². The average molecular weight is 457 g/mol. The van der Waals surface area contributed by atoms with E-state index in [1.807, 2.05) is 30.5 Å². The smallest absolute Gasteiger partial charge is 0.307 e. The summed E-state index contributed by atoms with van der Waals surface area (Å²) in [5.74, 6) is -0.990. The number of aliphatic carboxylic acids is 1. The minimum absolute atomic E-state index is 0. The highest BCUT2D eigenvalue weighted by Gasteiger charge is 2.25. The number of aryl methyl sites for hydroxylation is 2. The number of rotatable bonds is 7. The zero-order valence-electron chi connectivity index (χ0n) is 16.6. The normalized spacial score (nSPS) is 17.6. The lowest BCUT2D eigenvalue weighted by Gasteiger charge is -2.29. The number of likely N-dealkylation sites (tertiary alicyclic amines) is 1. The third-order valence-corrected chi connectivity index (χ3v) is 6.29. The van der Waals surface area contributed by atoms with E-state index in [-0.39, 0.29) is 18.3 Å². The fourth-order valence-corrected chi connectivity index (χ4v) is 4.61. The Morgan fingerprint density at radius 2 is 2.14 bits per heavy atom. The molecule has 1 aliphatic heterocycles. The first-order chi connectivity index (χ1) is 13.5. The second-order valence-corrected chi connectivity index (χ2v) is 8.50. The van der Waals surface area contributed by atoms with Gasteiger partial charge in [-0.15, -0.1) is 23.7 Å². The lowest BCUT2D eigenvalue weighted by atomic mass is 9.98. The van der Waals surface area contributed by atoms with Crippen molar-refractivity contribution < 1.29 is 14.7 Å². The standard InChI is InChI=1S/C21H25ClN2O3S.ClH/c1-14-7-11-28-20(14)19(18-6-5-17(22)12-15(18)2)23-27-10-9-24-8-3-4-16(13-24)21(25)26;/h5-7,11-12,16H,3-4,8-10,13H2,1-2H3,(H,25,26);1H/b23-19+;/t16-;/m1./s1. The Balaban J connectivity index is 0.00000300. The van der Waals surface area contributed by atoms with Crippen molar-refractivity contribution in [2.75, 3.05) is 26.2 Å². The lowest BCUT2D eigenvalue weighted by Crippen LogP contribution is -2.40. The lowest BCUT2D eigenvalue weighted by molar-refractivity contribution is -0.143. The van der Waals surface area contributed by atoms with Gasteiger partial charge in [-0.05, 0) is 67.9 Å². The third kappa shape index (κ3) is 6.19. The topological polar surface area (TPSA) is 62.1 Å². The summed E-state index contributed by atoms with van der Waals surface area (Å²) in [6.45, 7) is 6.65. The van der Waals surface area contributed by atoms with E-state index in [0.717, 1.165) is 46.7 Å². The summed E-state index contributed by atoms with van der Waals surface area (Å²) in [7, 11) is 0. The Morgan fingerprint density at radius 3 is 2.79 bits per heavy atom. The van der Waals surface area contributed by atoms with Crippen molar-refractivity contribution in [3.8, 4) is 0 Å². The van der Waals surface area contributed by atoms with Gasteiger partial charge in [-0.25, -0.2) is 0 Å². The van der Waals surface area contributed by atoms with Crippen LogP contribution >= 0.6 is 35.3 Å². The molecule has 158 valence electrons. The molecule has 0 bridgehead atoms. The molecule has 0 aliphatic carbocycles. The van der Waals surface area contributed by atoms with Crippen molar-refractivity contribution >= 4 is 47.0 Å². The Labute approximate surface area is 186 Å². The van der Waals surface area contributed by atoms with Crippen molar-refractivity contribution in [1.29, 1.82) is 0 Å². The molecule has 1 aromatic carbocycles. The first-order valence-corrected chi connectivity index (χ1v) is 10.7. The highest BCUT2D eigenvalue weighted by atomic mass is 35.5. The SMILES string of the molecule is Cc1cc(Cl)ccc1/C(=N\OCCN1CCC[C@@H](C(=O)O)C1)c1sccc1C.Cl. The molecule has 1 atom stereocenters. The number of nitrogens with zero attached hydrogens (tertiary/aromatic N) is 2. The molecule has 0 amide bonds. The van der Waals surface area contributed by atoms with Gasteiger partial charge < -0.3 is 9.94 Å². The molecule has 1 fully saturated rings. The predicted octanol–water partition coefficient (Wildman–Crippen LogP) is 5.01. The van der Waals surface area contributed by atoms with Crippen molar-refractivity contribution in [2.45, 2.75) is 26.7 Å². The molecule has 1 N–H and O–H groups in total. The van der Waals surface area contributed by atoms with E-state index in [0.29, 0.717) is 24.7 Å². The summed E-state index contributed by atoms with van der Waals surface area (Å²) in [4.78, 5) is 20.1. The van der Waals surface area contributed by atoms with Crippen molar-refractivity contribution in [1.82, 2.24) is 4.90 Å². The largest absolute Gasteiger partial charge is 0.481 e. The van der Waals surface area contributed by atoms with E-state index in [9.17, 15) is 9.90 Å². The first kappa shape index (κ1) is 23.7. The molecule has 3 rings (SSSR count). The molecule has 0 unspecified atom stereocenters. The van der Waals surface area contributed by atoms with Crippen LogP contribution in [0.25, 0.3) is 0 Å². The second-order valence-electron chi connectivity index (χ2n) is 7.14. The van der Waals surface area contributed by atoms with Crippen LogP contribution in [0, 0.1) is 19.8 Å². The molecule has 1 aliphatic rings. The van der Waals surface area contributed by atoms with Crippen LogP contribution in [-0.4, -0.2) is 47.9 Å². The monoisotopic (exact) mass is 456 g/mol. The summed E-state index contributed by atoms with van der Waals surface area (Å²) in [6, 6.07) is 7.83. The molecule has 0 spiro atoms. The maximum Gasteiger partial charge on any atom is 0.307 e. The molecule has 2 heterocycles. The molecular weight excluding hydrogens is 431 g/mol. The predicted molar refractivity (Wildman–Crippen MR) is 121 cm³/mol. The Kier molecular flexibility index (Phi) is 8.96. The zero-order valence-corrected chi connectivity index (χ0v) is 18.9. The van der Waals surface area contributed by atoms with Gasteiger partial charge in [-0.3, -0.25) is 9.69 Å². The van der Waals surface area contributed by atoms with E-state index >= 15 is 0 Å². The van der Waals surface area contributed by atoms with Gasteiger partial charge in [0.05, 0.1) is 10.8 Å². The van der Waals surface area contributed by atoms with E-state index in [4.69, 9.17) is 16.4 Å². The number of benzene rings is 1. The van der Waals surface area contributed by atoms with Gasteiger partial charge in [0.25, 0.3) is 0 Å². The maximum atomic E-state index is 11.2. The summed E-state index contributed by atoms with van der Waals surface area (Å²) in [5.41, 5.74) is 4.01. The summed E-state index contributed by atoms with van der Waals surface area (Å²) in [6.07, 6.45) is 1.66. The van der Waals surface area contributed by atoms with E-state index in [1.54, 1.807) is 11.3 Å². The van der Waals surface area contributed by atoms with Crippen molar-refractivity contribution in [3.05, 3.63) is 56.2 Å². The fraction of sp³-hybridized carbons (Fsp3) is 0.429. The number of carboxylic acids is 1. The van der Waals surface area contributed by atoms with Crippen molar-refractivity contribution in [2.24, 2.45) is 11.1 Å². The number of hydrogen-bond donors (Lipinski definition) is 1. The minimum Gasteiger partial charge on any atom is -0.481 e. The number of oxime groups is 1. The van der Waals surface area contributed by atoms with Crippen LogP contribution in [0.3, 0.4) is 0 Å². The van der Waals surface area contributed by atoms with E-state index < -0.39 is 5.97 Å². The number of hydrogen-bond acceptors (Lipinski definition) is 5. The summed E-state index contributed by atoms with van der Waals surface area (Å²) < 4.78 is 0. The highest BCUT2D eigenvalue weighted by molar-refractivity contribution is 7.12. The van der Waals surface area contributed by atoms with Gasteiger partial charge in [0.15, 0.2) is 0 Å². The van der Waals surface area contributed by atoms with Crippen LogP contribution in [0.5, 0.6) is 0 Å². The average Bonchev–Trinajstić information content (AvgIpc) is 3.08. The molecule has 0 radical (unpaired) electrons. The molecular formula is C21H26Cl2N2O3S. The number of carboxylic acid groups (broad SMARTS) is 1. The zero-order chi connectivity index (χ0) is 20.1. The Bertz CT molecular complexity index is 869. The maximum absolute atomic E-state index is 11.2. The van der Waals surface area contributed by atoms with Crippen LogP contribution in [0.2, 0.25) is 5.02 Å². The van der Waals surface area contributed by atoms with Crippen LogP contribution in [-0.2, 0) is 9.63 Å². The first-order valence-electron chi connectivity index (χ1n) is 9.42. The molecule has 2 aromatic rings. The number of halogens is 2. The fourth-order valence-electron chi connectivity index (χ4n) is 3.46. The molecule has 1 aromatic heterocycles. The highest BCUT2D eigenvalue weighted by Crippen LogP contribution is 2.25. The van der Waals surface area contributed by atoms with Crippen LogP contribution < -0.4 is 0 Å². The Hall–Kier alpha value is -1.60.